The molecule has 0 saturated heterocycles. The zero-order valence-electron chi connectivity index (χ0n) is 13.9. The SMILES string of the molecule is CN(O)C(=O)C(=O)CC(O)(Cc1cccc(Br)c1)c1ccc(O)c(O)c1. The molecule has 0 aliphatic rings. The Morgan fingerprint density at radius 3 is 2.38 bits per heavy atom. The van der Waals surface area contributed by atoms with Gasteiger partial charge in [0.15, 0.2) is 11.5 Å². The molecule has 0 heterocycles. The number of carbonyl (C=O) groups excluding carboxylic acids is 2. The highest BCUT2D eigenvalue weighted by Gasteiger charge is 2.36. The summed E-state index contributed by atoms with van der Waals surface area (Å²) in [7, 11) is 1.01. The predicted octanol–water partition coefficient (Wildman–Crippen LogP) is 2.10. The number of phenolic OH excluding ortho intramolecular Hbond substituents is 2. The van der Waals surface area contributed by atoms with E-state index in [0.717, 1.165) is 17.6 Å². The van der Waals surface area contributed by atoms with Crippen LogP contribution in [0.4, 0.5) is 0 Å². The average molecular weight is 424 g/mol. The van der Waals surface area contributed by atoms with Crippen molar-refractivity contribution in [3.8, 4) is 11.5 Å². The first kappa shape index (κ1) is 19.9. The molecule has 4 N–H and O–H groups in total. The van der Waals surface area contributed by atoms with Crippen LogP contribution in [-0.2, 0) is 21.6 Å². The molecule has 0 fully saturated rings. The smallest absolute Gasteiger partial charge is 0.313 e. The molecule has 138 valence electrons. The molecule has 1 amide bonds. The van der Waals surface area contributed by atoms with Gasteiger partial charge in [0.1, 0.15) is 5.60 Å². The Morgan fingerprint density at radius 1 is 1.12 bits per heavy atom. The van der Waals surface area contributed by atoms with Gasteiger partial charge in [0.05, 0.1) is 0 Å². The minimum atomic E-state index is -1.84. The van der Waals surface area contributed by atoms with E-state index in [2.05, 4.69) is 15.9 Å². The number of hydrogen-bond donors (Lipinski definition) is 4. The first-order chi connectivity index (χ1) is 12.1. The van der Waals surface area contributed by atoms with E-state index >= 15 is 0 Å². The zero-order valence-corrected chi connectivity index (χ0v) is 15.5. The molecule has 0 aliphatic heterocycles. The number of ketones is 1. The van der Waals surface area contributed by atoms with Crippen LogP contribution in [0.2, 0.25) is 0 Å². The lowest BCUT2D eigenvalue weighted by Crippen LogP contribution is -2.38. The van der Waals surface area contributed by atoms with E-state index < -0.39 is 29.5 Å². The van der Waals surface area contributed by atoms with Gasteiger partial charge in [-0.2, -0.15) is 0 Å². The molecule has 26 heavy (non-hydrogen) atoms. The van der Waals surface area contributed by atoms with Crippen molar-refractivity contribution in [2.75, 3.05) is 7.05 Å². The molecule has 0 radical (unpaired) electrons. The molecule has 2 aromatic carbocycles. The lowest BCUT2D eigenvalue weighted by molar-refractivity contribution is -0.167. The van der Waals surface area contributed by atoms with Gasteiger partial charge in [-0.3, -0.25) is 14.8 Å². The Bertz CT molecular complexity index is 838. The number of aliphatic hydroxyl groups is 1. The maximum Gasteiger partial charge on any atom is 0.313 e. The number of nitrogens with zero attached hydrogens (tertiary/aromatic N) is 1. The van der Waals surface area contributed by atoms with Crippen LogP contribution in [0.1, 0.15) is 17.5 Å². The first-order valence-electron chi connectivity index (χ1n) is 7.61. The molecule has 0 saturated carbocycles. The number of hydrogen-bond acceptors (Lipinski definition) is 6. The van der Waals surface area contributed by atoms with E-state index in [-0.39, 0.29) is 22.8 Å². The summed E-state index contributed by atoms with van der Waals surface area (Å²) in [4.78, 5) is 23.8. The quantitative estimate of drug-likeness (QED) is 0.244. The molecule has 7 nitrogen and oxygen atoms in total. The highest BCUT2D eigenvalue weighted by Crippen LogP contribution is 2.35. The molecule has 0 aliphatic carbocycles. The number of amides is 1. The van der Waals surface area contributed by atoms with Gasteiger partial charge < -0.3 is 15.3 Å². The summed E-state index contributed by atoms with van der Waals surface area (Å²) >= 11 is 3.32. The lowest BCUT2D eigenvalue weighted by atomic mass is 9.82. The molecule has 2 aromatic rings. The van der Waals surface area contributed by atoms with E-state index in [0.29, 0.717) is 5.56 Å². The summed E-state index contributed by atoms with van der Waals surface area (Å²) in [5.41, 5.74) is -1.02. The van der Waals surface area contributed by atoms with E-state index in [1.165, 1.54) is 12.1 Å². The number of benzene rings is 2. The molecule has 2 rings (SSSR count). The number of hydroxylamine groups is 2. The fraction of sp³-hybridized carbons (Fsp3) is 0.222. The monoisotopic (exact) mass is 423 g/mol. The van der Waals surface area contributed by atoms with E-state index in [4.69, 9.17) is 5.21 Å². The molecule has 0 spiro atoms. The minimum Gasteiger partial charge on any atom is -0.504 e. The van der Waals surface area contributed by atoms with Crippen LogP contribution in [0, 0.1) is 0 Å². The topological polar surface area (TPSA) is 118 Å². The third kappa shape index (κ3) is 4.60. The van der Waals surface area contributed by atoms with E-state index in [1.54, 1.807) is 24.3 Å². The van der Waals surface area contributed by atoms with Crippen molar-refractivity contribution < 1.29 is 30.1 Å². The van der Waals surface area contributed by atoms with Crippen LogP contribution in [0.3, 0.4) is 0 Å². The fourth-order valence-corrected chi connectivity index (χ4v) is 3.03. The molecular weight excluding hydrogens is 406 g/mol. The van der Waals surface area contributed by atoms with Gasteiger partial charge in [-0.05, 0) is 35.4 Å². The van der Waals surface area contributed by atoms with Crippen molar-refractivity contribution in [2.24, 2.45) is 0 Å². The normalized spacial score (nSPS) is 13.1. The molecule has 0 aromatic heterocycles. The van der Waals surface area contributed by atoms with Crippen molar-refractivity contribution in [3.05, 3.63) is 58.1 Å². The third-order valence-corrected chi connectivity index (χ3v) is 4.38. The minimum absolute atomic E-state index is 0.0369. The molecule has 1 atom stereocenters. The number of carbonyl (C=O) groups is 2. The second-order valence-electron chi connectivity index (χ2n) is 5.97. The lowest BCUT2D eigenvalue weighted by Gasteiger charge is -2.29. The maximum atomic E-state index is 12.2. The molecule has 0 bridgehead atoms. The van der Waals surface area contributed by atoms with Crippen molar-refractivity contribution in [1.82, 2.24) is 5.06 Å². The molecular formula is C18H18BrNO6. The highest BCUT2D eigenvalue weighted by atomic mass is 79.9. The number of halogens is 1. The van der Waals surface area contributed by atoms with Gasteiger partial charge in [-0.25, -0.2) is 5.06 Å². The third-order valence-electron chi connectivity index (χ3n) is 3.88. The highest BCUT2D eigenvalue weighted by molar-refractivity contribution is 9.10. The molecule has 1 unspecified atom stereocenters. The maximum absolute atomic E-state index is 12.2. The van der Waals surface area contributed by atoms with Gasteiger partial charge in [0, 0.05) is 24.4 Å². The second-order valence-corrected chi connectivity index (χ2v) is 6.89. The predicted molar refractivity (Wildman–Crippen MR) is 95.7 cm³/mol. The van der Waals surface area contributed by atoms with E-state index in [9.17, 15) is 24.9 Å². The van der Waals surface area contributed by atoms with Crippen molar-refractivity contribution in [2.45, 2.75) is 18.4 Å². The van der Waals surface area contributed by atoms with Crippen LogP contribution < -0.4 is 0 Å². The summed E-state index contributed by atoms with van der Waals surface area (Å²) in [6.45, 7) is 0. The number of likely N-dealkylation sites (N-methyl/N-ethyl adjacent to an activating group) is 1. The van der Waals surface area contributed by atoms with Crippen molar-refractivity contribution in [3.63, 3.8) is 0 Å². The number of Topliss-reactive ketones (excluding diaryl/α,β-unsaturated/α-hetero) is 1. The van der Waals surface area contributed by atoms with E-state index in [1.807, 2.05) is 0 Å². The van der Waals surface area contributed by atoms with Gasteiger partial charge >= 0.3 is 5.91 Å². The van der Waals surface area contributed by atoms with Crippen molar-refractivity contribution >= 4 is 27.6 Å². The number of aromatic hydroxyl groups is 2. The van der Waals surface area contributed by atoms with Crippen LogP contribution in [-0.4, -0.2) is 44.3 Å². The first-order valence-corrected chi connectivity index (χ1v) is 8.41. The Labute approximate surface area is 158 Å². The Kier molecular flexibility index (Phi) is 6.01. The van der Waals surface area contributed by atoms with Gasteiger partial charge in [-0.1, -0.05) is 34.1 Å². The second kappa shape index (κ2) is 7.86. The Hall–Kier alpha value is -2.42. The fourth-order valence-electron chi connectivity index (χ4n) is 2.59. The van der Waals surface area contributed by atoms with Crippen molar-refractivity contribution in [1.29, 1.82) is 0 Å². The summed E-state index contributed by atoms with van der Waals surface area (Å²) in [6, 6.07) is 10.7. The van der Waals surface area contributed by atoms with Crippen LogP contribution in [0.25, 0.3) is 0 Å². The van der Waals surface area contributed by atoms with Crippen LogP contribution in [0.5, 0.6) is 11.5 Å². The Balaban J connectivity index is 2.44. The zero-order chi connectivity index (χ0) is 19.5. The van der Waals surface area contributed by atoms with Gasteiger partial charge in [0.25, 0.3) is 0 Å². The number of rotatable bonds is 6. The van der Waals surface area contributed by atoms with Gasteiger partial charge in [-0.15, -0.1) is 0 Å². The standard InChI is InChI=1S/C18H18BrNO6/c1-20(26)17(24)16(23)10-18(25,9-11-3-2-4-13(19)7-11)12-5-6-14(21)15(22)8-12/h2-8,21-22,25-26H,9-10H2,1H3. The average Bonchev–Trinajstić information content (AvgIpc) is 2.56. The Morgan fingerprint density at radius 2 is 1.81 bits per heavy atom. The molecule has 8 heteroatoms. The largest absolute Gasteiger partial charge is 0.504 e. The summed E-state index contributed by atoms with van der Waals surface area (Å²) in [6.07, 6.45) is -0.654. The number of phenols is 2. The van der Waals surface area contributed by atoms with Crippen LogP contribution in [0.15, 0.2) is 46.9 Å². The summed E-state index contributed by atoms with van der Waals surface area (Å²) < 4.78 is 0.767. The van der Waals surface area contributed by atoms with Gasteiger partial charge in [0.2, 0.25) is 5.78 Å². The summed E-state index contributed by atoms with van der Waals surface area (Å²) in [5, 5.41) is 39.7. The van der Waals surface area contributed by atoms with Crippen LogP contribution >= 0.6 is 15.9 Å². The summed E-state index contributed by atoms with van der Waals surface area (Å²) in [5.74, 6) is -3.01.